The second kappa shape index (κ2) is 3.07. The number of benzene rings is 2. The summed E-state index contributed by atoms with van der Waals surface area (Å²) in [4.78, 5) is 2.30. The quantitative estimate of drug-likeness (QED) is 0.545. The molecule has 0 saturated carbocycles. The summed E-state index contributed by atoms with van der Waals surface area (Å²) in [5, 5.41) is 0. The van der Waals surface area contributed by atoms with Crippen molar-refractivity contribution >= 4 is 11.8 Å². The molecule has 0 fully saturated rings. The molecule has 0 N–H and O–H groups in total. The van der Waals surface area contributed by atoms with E-state index in [1.807, 2.05) is 36.4 Å². The normalized spacial score (nSPS) is 12.6. The van der Waals surface area contributed by atoms with E-state index < -0.39 is 0 Å². The van der Waals surface area contributed by atoms with E-state index in [-0.39, 0.29) is 0 Å². The third-order valence-corrected chi connectivity index (χ3v) is 3.16. The van der Waals surface area contributed by atoms with Crippen LogP contribution in [0.3, 0.4) is 0 Å². The van der Waals surface area contributed by atoms with Crippen LogP contribution in [0, 0.1) is 6.07 Å². The Morgan fingerprint density at radius 1 is 1.00 bits per heavy atom. The van der Waals surface area contributed by atoms with Crippen LogP contribution in [0.5, 0.6) is 11.5 Å². The lowest BCUT2D eigenvalue weighted by Crippen LogP contribution is -1.93. The lowest BCUT2D eigenvalue weighted by Gasteiger charge is -2.18. The first-order valence-electron chi connectivity index (χ1n) is 4.39. The molecule has 0 saturated heterocycles. The lowest BCUT2D eigenvalue weighted by molar-refractivity contribution is 0.453. The molecule has 1 radical (unpaired) electrons. The summed E-state index contributed by atoms with van der Waals surface area (Å²) < 4.78 is 5.70. The second-order valence-electron chi connectivity index (χ2n) is 3.01. The Labute approximate surface area is 86.7 Å². The fourth-order valence-electron chi connectivity index (χ4n) is 1.41. The van der Waals surface area contributed by atoms with Gasteiger partial charge in [0, 0.05) is 6.07 Å². The Morgan fingerprint density at radius 2 is 1.86 bits per heavy atom. The zero-order valence-corrected chi connectivity index (χ0v) is 8.17. The molecule has 3 rings (SSSR count). The Bertz CT molecular complexity index is 392. The number of para-hydroxylation sites is 2. The van der Waals surface area contributed by atoms with Crippen LogP contribution in [0.1, 0.15) is 0 Å². The Hall–Kier alpha value is -1.41. The predicted octanol–water partition coefficient (Wildman–Crippen LogP) is 3.74. The zero-order chi connectivity index (χ0) is 9.38. The number of rotatable bonds is 0. The number of hydrogen-bond acceptors (Lipinski definition) is 2. The van der Waals surface area contributed by atoms with Gasteiger partial charge in [-0.2, -0.15) is 0 Å². The van der Waals surface area contributed by atoms with Gasteiger partial charge < -0.3 is 4.74 Å². The van der Waals surface area contributed by atoms with E-state index >= 15 is 0 Å². The lowest BCUT2D eigenvalue weighted by atomic mass is 10.3. The molecular formula is C12H7OS. The van der Waals surface area contributed by atoms with Crippen LogP contribution in [0.4, 0.5) is 0 Å². The molecular weight excluding hydrogens is 192 g/mol. The van der Waals surface area contributed by atoms with Gasteiger partial charge in [0.2, 0.25) is 0 Å². The van der Waals surface area contributed by atoms with Crippen LogP contribution < -0.4 is 4.74 Å². The topological polar surface area (TPSA) is 9.23 Å². The minimum atomic E-state index is 0.830. The summed E-state index contributed by atoms with van der Waals surface area (Å²) in [5.74, 6) is 1.75. The minimum absolute atomic E-state index is 0.830. The van der Waals surface area contributed by atoms with Crippen molar-refractivity contribution in [3.63, 3.8) is 0 Å². The third-order valence-electron chi connectivity index (χ3n) is 2.06. The molecule has 2 aromatic rings. The Morgan fingerprint density at radius 3 is 2.86 bits per heavy atom. The first kappa shape index (κ1) is 7.94. The van der Waals surface area contributed by atoms with Gasteiger partial charge >= 0.3 is 0 Å². The summed E-state index contributed by atoms with van der Waals surface area (Å²) in [6.45, 7) is 0. The van der Waals surface area contributed by atoms with Crippen LogP contribution in [0.2, 0.25) is 0 Å². The first-order chi connectivity index (χ1) is 6.93. The van der Waals surface area contributed by atoms with Crippen molar-refractivity contribution in [2.75, 3.05) is 0 Å². The van der Waals surface area contributed by atoms with Crippen LogP contribution in [0.25, 0.3) is 0 Å². The highest BCUT2D eigenvalue weighted by Gasteiger charge is 2.15. The molecule has 0 bridgehead atoms. The van der Waals surface area contributed by atoms with Gasteiger partial charge in [-0.15, -0.1) is 0 Å². The van der Waals surface area contributed by atoms with Gasteiger partial charge in [-0.3, -0.25) is 0 Å². The highest BCUT2D eigenvalue weighted by Crippen LogP contribution is 2.46. The van der Waals surface area contributed by atoms with Crippen LogP contribution >= 0.6 is 11.8 Å². The fraction of sp³-hybridized carbons (Fsp3) is 0. The van der Waals surface area contributed by atoms with E-state index in [1.54, 1.807) is 11.8 Å². The standard InChI is InChI=1S/C12H7OS/c1-3-7-11-9(5-1)13-10-6-2-4-8-12(10)14-11/h1-5,7-8H. The van der Waals surface area contributed by atoms with Gasteiger partial charge in [0.05, 0.1) is 9.79 Å². The maximum atomic E-state index is 5.70. The van der Waals surface area contributed by atoms with E-state index in [2.05, 4.69) is 12.1 Å². The first-order valence-corrected chi connectivity index (χ1v) is 5.20. The van der Waals surface area contributed by atoms with Gasteiger partial charge in [0.15, 0.2) is 0 Å². The van der Waals surface area contributed by atoms with E-state index in [9.17, 15) is 0 Å². The molecule has 1 heterocycles. The van der Waals surface area contributed by atoms with Crippen molar-refractivity contribution in [1.29, 1.82) is 0 Å². The molecule has 67 valence electrons. The molecule has 1 aliphatic rings. The van der Waals surface area contributed by atoms with E-state index in [4.69, 9.17) is 4.74 Å². The van der Waals surface area contributed by atoms with Crippen LogP contribution in [-0.4, -0.2) is 0 Å². The SMILES string of the molecule is [c]1cccc2c1Oc1ccccc1S2. The summed E-state index contributed by atoms with van der Waals surface area (Å²) >= 11 is 1.73. The molecule has 0 spiro atoms. The Balaban J connectivity index is 2.12. The van der Waals surface area contributed by atoms with Gasteiger partial charge in [-0.1, -0.05) is 36.0 Å². The molecule has 1 aliphatic heterocycles. The monoisotopic (exact) mass is 199 g/mol. The summed E-state index contributed by atoms with van der Waals surface area (Å²) in [6, 6.07) is 17.0. The third kappa shape index (κ3) is 1.19. The highest BCUT2D eigenvalue weighted by atomic mass is 32.2. The van der Waals surface area contributed by atoms with E-state index in [0.717, 1.165) is 16.4 Å². The van der Waals surface area contributed by atoms with E-state index in [0.29, 0.717) is 0 Å². The van der Waals surface area contributed by atoms with Crippen molar-refractivity contribution < 1.29 is 4.74 Å². The predicted molar refractivity (Wildman–Crippen MR) is 55.9 cm³/mol. The maximum Gasteiger partial charge on any atom is 0.149 e. The number of hydrogen-bond donors (Lipinski definition) is 0. The molecule has 0 aromatic heterocycles. The summed E-state index contributed by atoms with van der Waals surface area (Å²) in [6.07, 6.45) is 0. The van der Waals surface area contributed by atoms with Crippen molar-refractivity contribution in [2.45, 2.75) is 9.79 Å². The van der Waals surface area contributed by atoms with Gasteiger partial charge in [0.1, 0.15) is 11.5 Å². The van der Waals surface area contributed by atoms with Crippen LogP contribution in [0.15, 0.2) is 52.3 Å². The minimum Gasteiger partial charge on any atom is -0.454 e. The summed E-state index contributed by atoms with van der Waals surface area (Å²) in [7, 11) is 0. The molecule has 0 unspecified atom stereocenters. The Kier molecular flexibility index (Phi) is 1.74. The summed E-state index contributed by atoms with van der Waals surface area (Å²) in [5.41, 5.74) is 0. The van der Waals surface area contributed by atoms with Crippen LogP contribution in [-0.2, 0) is 0 Å². The molecule has 1 nitrogen and oxygen atoms in total. The number of fused-ring (bicyclic) bond motifs is 2. The molecule has 2 aromatic carbocycles. The molecule has 2 heteroatoms. The zero-order valence-electron chi connectivity index (χ0n) is 7.36. The largest absolute Gasteiger partial charge is 0.454 e. The second-order valence-corrected chi connectivity index (χ2v) is 4.10. The fourth-order valence-corrected chi connectivity index (χ4v) is 2.35. The average molecular weight is 199 g/mol. The van der Waals surface area contributed by atoms with Crippen molar-refractivity contribution in [1.82, 2.24) is 0 Å². The molecule has 0 atom stereocenters. The molecule has 0 amide bonds. The van der Waals surface area contributed by atoms with Gasteiger partial charge in [-0.25, -0.2) is 0 Å². The number of ether oxygens (including phenoxy) is 1. The maximum absolute atomic E-state index is 5.70. The van der Waals surface area contributed by atoms with Gasteiger partial charge in [0.25, 0.3) is 0 Å². The van der Waals surface area contributed by atoms with E-state index in [1.165, 1.54) is 4.90 Å². The highest BCUT2D eigenvalue weighted by molar-refractivity contribution is 7.99. The molecule has 0 aliphatic carbocycles. The molecule has 14 heavy (non-hydrogen) atoms. The average Bonchev–Trinajstić information content (AvgIpc) is 2.26. The van der Waals surface area contributed by atoms with Crippen molar-refractivity contribution in [2.24, 2.45) is 0 Å². The van der Waals surface area contributed by atoms with Crippen molar-refractivity contribution in [3.05, 3.63) is 48.5 Å². The smallest absolute Gasteiger partial charge is 0.149 e. The van der Waals surface area contributed by atoms with Gasteiger partial charge in [-0.05, 0) is 18.2 Å². The van der Waals surface area contributed by atoms with Crippen molar-refractivity contribution in [3.8, 4) is 11.5 Å².